The van der Waals surface area contributed by atoms with Crippen molar-refractivity contribution in [2.24, 2.45) is 7.05 Å². The van der Waals surface area contributed by atoms with Crippen LogP contribution in [0.15, 0.2) is 67.1 Å². The Balaban J connectivity index is 1.81. The van der Waals surface area contributed by atoms with E-state index < -0.39 is 0 Å². The number of thiocarbonyl (C=S) groups is 1. The second-order valence-electron chi connectivity index (χ2n) is 6.08. The first kappa shape index (κ1) is 16.1. The first-order chi connectivity index (χ1) is 12.1. The van der Waals surface area contributed by atoms with Crippen LogP contribution < -0.4 is 10.2 Å². The molecule has 0 aliphatic carbocycles. The number of aryl methyl sites for hydroxylation is 1. The molecule has 0 amide bonds. The molecular weight excluding hydrogens is 352 g/mol. The minimum absolute atomic E-state index is 0.0183. The second kappa shape index (κ2) is 6.50. The van der Waals surface area contributed by atoms with Crippen molar-refractivity contribution in [1.82, 2.24) is 14.9 Å². The molecule has 0 bridgehead atoms. The summed E-state index contributed by atoms with van der Waals surface area (Å²) in [6.07, 6.45) is 5.98. The van der Waals surface area contributed by atoms with Gasteiger partial charge in [0.1, 0.15) is 0 Å². The summed E-state index contributed by atoms with van der Waals surface area (Å²) in [5, 5.41) is 4.84. The Hall–Kier alpha value is -2.37. The van der Waals surface area contributed by atoms with Gasteiger partial charge in [-0.2, -0.15) is 0 Å². The number of aromatic nitrogens is 2. The molecule has 0 radical (unpaired) electrons. The van der Waals surface area contributed by atoms with Crippen molar-refractivity contribution in [1.29, 1.82) is 0 Å². The molecule has 126 valence electrons. The fourth-order valence-electron chi connectivity index (χ4n) is 3.27. The molecular formula is C19H17ClN4S. The van der Waals surface area contributed by atoms with Gasteiger partial charge in [-0.25, -0.2) is 0 Å². The molecule has 4 nitrogen and oxygen atoms in total. The quantitative estimate of drug-likeness (QED) is 0.700. The smallest absolute Gasteiger partial charge is 0.174 e. The van der Waals surface area contributed by atoms with Crippen LogP contribution in [0.25, 0.3) is 0 Å². The van der Waals surface area contributed by atoms with E-state index >= 15 is 0 Å². The summed E-state index contributed by atoms with van der Waals surface area (Å²) in [4.78, 5) is 6.68. The number of nitrogens with zero attached hydrogens (tertiary/aromatic N) is 3. The molecule has 1 N–H and O–H groups in total. The number of pyridine rings is 1. The van der Waals surface area contributed by atoms with E-state index in [9.17, 15) is 0 Å². The van der Waals surface area contributed by atoms with Crippen LogP contribution in [0, 0.1) is 0 Å². The third-order valence-electron chi connectivity index (χ3n) is 4.40. The number of hydrogen-bond donors (Lipinski definition) is 1. The second-order valence-corrected chi connectivity index (χ2v) is 6.91. The number of nitrogens with one attached hydrogen (secondary N) is 1. The van der Waals surface area contributed by atoms with Gasteiger partial charge in [0.05, 0.1) is 17.8 Å². The van der Waals surface area contributed by atoms with Gasteiger partial charge < -0.3 is 14.8 Å². The van der Waals surface area contributed by atoms with Crippen molar-refractivity contribution < 1.29 is 0 Å². The molecule has 1 aliphatic heterocycles. The summed E-state index contributed by atoms with van der Waals surface area (Å²) in [5.41, 5.74) is 3.16. The largest absolute Gasteiger partial charge is 0.357 e. The number of anilines is 1. The number of rotatable bonds is 3. The molecule has 6 heteroatoms. The number of benzene rings is 1. The van der Waals surface area contributed by atoms with Crippen molar-refractivity contribution in [3.8, 4) is 0 Å². The van der Waals surface area contributed by atoms with E-state index in [-0.39, 0.29) is 12.1 Å². The summed E-state index contributed by atoms with van der Waals surface area (Å²) >= 11 is 11.7. The van der Waals surface area contributed by atoms with E-state index in [0.717, 1.165) is 11.4 Å². The summed E-state index contributed by atoms with van der Waals surface area (Å²) in [5.74, 6) is 0. The molecule has 0 spiro atoms. The molecule has 4 rings (SSSR count). The average Bonchev–Trinajstić information content (AvgIpc) is 3.20. The molecule has 0 saturated carbocycles. The highest BCUT2D eigenvalue weighted by molar-refractivity contribution is 7.80. The maximum absolute atomic E-state index is 6.06. The Kier molecular flexibility index (Phi) is 4.19. The number of hydrogen-bond acceptors (Lipinski definition) is 2. The van der Waals surface area contributed by atoms with Crippen LogP contribution in [0.5, 0.6) is 0 Å². The van der Waals surface area contributed by atoms with E-state index in [1.807, 2.05) is 66.5 Å². The fourth-order valence-corrected chi connectivity index (χ4v) is 3.75. The molecule has 1 aromatic carbocycles. The van der Waals surface area contributed by atoms with Crippen LogP contribution in [-0.2, 0) is 7.05 Å². The normalized spacial score (nSPS) is 19.9. The molecule has 3 heterocycles. The minimum atomic E-state index is -0.0215. The van der Waals surface area contributed by atoms with E-state index in [1.54, 1.807) is 0 Å². The lowest BCUT2D eigenvalue weighted by Gasteiger charge is -2.27. The summed E-state index contributed by atoms with van der Waals surface area (Å²) in [6, 6.07) is 15.8. The maximum atomic E-state index is 6.06. The Labute approximate surface area is 157 Å². The zero-order valence-electron chi connectivity index (χ0n) is 13.6. The van der Waals surface area contributed by atoms with Gasteiger partial charge in [-0.3, -0.25) is 4.98 Å². The van der Waals surface area contributed by atoms with E-state index in [0.29, 0.717) is 10.1 Å². The van der Waals surface area contributed by atoms with Crippen LogP contribution in [0.4, 0.5) is 5.69 Å². The van der Waals surface area contributed by atoms with Gasteiger partial charge in [0.25, 0.3) is 0 Å². The van der Waals surface area contributed by atoms with Crippen molar-refractivity contribution in [2.75, 3.05) is 4.90 Å². The van der Waals surface area contributed by atoms with Crippen LogP contribution in [-0.4, -0.2) is 14.7 Å². The summed E-state index contributed by atoms with van der Waals surface area (Å²) < 4.78 is 2.05. The fraction of sp³-hybridized carbons (Fsp3) is 0.158. The Morgan fingerprint density at radius 1 is 1.12 bits per heavy atom. The zero-order valence-corrected chi connectivity index (χ0v) is 15.2. The molecule has 2 atom stereocenters. The van der Waals surface area contributed by atoms with Crippen LogP contribution in [0.3, 0.4) is 0 Å². The van der Waals surface area contributed by atoms with Gasteiger partial charge in [-0.1, -0.05) is 17.7 Å². The van der Waals surface area contributed by atoms with Crippen molar-refractivity contribution in [3.63, 3.8) is 0 Å². The Morgan fingerprint density at radius 2 is 1.92 bits per heavy atom. The van der Waals surface area contributed by atoms with Crippen LogP contribution >= 0.6 is 23.8 Å². The third kappa shape index (κ3) is 3.01. The first-order valence-corrected chi connectivity index (χ1v) is 8.80. The maximum Gasteiger partial charge on any atom is 0.174 e. The van der Waals surface area contributed by atoms with E-state index in [1.165, 1.54) is 5.56 Å². The van der Waals surface area contributed by atoms with E-state index in [2.05, 4.69) is 27.5 Å². The molecule has 1 fully saturated rings. The number of halogens is 1. The highest BCUT2D eigenvalue weighted by atomic mass is 35.5. The molecule has 3 aromatic rings. The van der Waals surface area contributed by atoms with Gasteiger partial charge >= 0.3 is 0 Å². The van der Waals surface area contributed by atoms with Gasteiger partial charge in [0.15, 0.2) is 5.11 Å². The van der Waals surface area contributed by atoms with Crippen LogP contribution in [0.2, 0.25) is 5.02 Å². The predicted octanol–water partition coefficient (Wildman–Crippen LogP) is 4.25. The lowest BCUT2D eigenvalue weighted by atomic mass is 9.98. The standard InChI is InChI=1S/C19H17ClN4S/c1-23-11-9-13(12-23)18-17(16-4-2-3-10-21-16)22-19(25)24(18)15-7-5-14(20)6-8-15/h2-12,17-18H,1H3,(H,22,25)/t17-,18-/m0/s1. The van der Waals surface area contributed by atoms with E-state index in [4.69, 9.17) is 23.8 Å². The average molecular weight is 369 g/mol. The lowest BCUT2D eigenvalue weighted by molar-refractivity contribution is 0.567. The van der Waals surface area contributed by atoms with Crippen LogP contribution in [0.1, 0.15) is 23.3 Å². The molecule has 0 unspecified atom stereocenters. The minimum Gasteiger partial charge on any atom is -0.357 e. The SMILES string of the molecule is Cn1ccc([C@H]2[C@H](c3ccccn3)NC(=S)N2c2ccc(Cl)cc2)c1. The van der Waals surface area contributed by atoms with Crippen molar-refractivity contribution >= 4 is 34.6 Å². The van der Waals surface area contributed by atoms with Gasteiger partial charge in [-0.15, -0.1) is 0 Å². The molecule has 2 aromatic heterocycles. The summed E-state index contributed by atoms with van der Waals surface area (Å²) in [7, 11) is 2.02. The topological polar surface area (TPSA) is 33.1 Å². The first-order valence-electron chi connectivity index (χ1n) is 8.01. The van der Waals surface area contributed by atoms with Crippen molar-refractivity contribution in [2.45, 2.75) is 12.1 Å². The third-order valence-corrected chi connectivity index (χ3v) is 4.97. The highest BCUT2D eigenvalue weighted by Gasteiger charge is 2.40. The molecule has 25 heavy (non-hydrogen) atoms. The van der Waals surface area contributed by atoms with Gasteiger partial charge in [0.2, 0.25) is 0 Å². The summed E-state index contributed by atoms with van der Waals surface area (Å²) in [6.45, 7) is 0. The Bertz CT molecular complexity index is 891. The molecule has 1 aliphatic rings. The van der Waals surface area contributed by atoms with Gasteiger partial charge in [-0.05, 0) is 60.2 Å². The van der Waals surface area contributed by atoms with Crippen molar-refractivity contribution in [3.05, 3.63) is 83.4 Å². The zero-order chi connectivity index (χ0) is 17.4. The predicted molar refractivity (Wildman–Crippen MR) is 105 cm³/mol. The monoisotopic (exact) mass is 368 g/mol. The lowest BCUT2D eigenvalue weighted by Crippen LogP contribution is -2.29. The highest BCUT2D eigenvalue weighted by Crippen LogP contribution is 2.41. The van der Waals surface area contributed by atoms with Gasteiger partial charge in [0, 0.05) is 36.3 Å². The molecule has 1 saturated heterocycles. The Morgan fingerprint density at radius 3 is 2.56 bits per heavy atom.